The third kappa shape index (κ3) is 1.92. The molecule has 2 N–H and O–H groups in total. The molecule has 0 bridgehead atoms. The molecule has 0 fully saturated rings. The first-order valence-corrected chi connectivity index (χ1v) is 4.84. The van der Waals surface area contributed by atoms with E-state index in [4.69, 9.17) is 4.52 Å². The highest BCUT2D eigenvalue weighted by Gasteiger charge is 2.19. The van der Waals surface area contributed by atoms with Crippen molar-refractivity contribution in [1.82, 2.24) is 15.1 Å². The average molecular weight is 207 g/mol. The lowest BCUT2D eigenvalue weighted by Crippen LogP contribution is -2.11. The third-order valence-electron chi connectivity index (χ3n) is 2.39. The van der Waals surface area contributed by atoms with Gasteiger partial charge in [0.15, 0.2) is 0 Å². The number of nitrogens with one attached hydrogen (secondary N) is 1. The summed E-state index contributed by atoms with van der Waals surface area (Å²) < 4.78 is 5.07. The number of aliphatic hydroxyl groups is 1. The first-order chi connectivity index (χ1) is 7.18. The van der Waals surface area contributed by atoms with E-state index in [0.717, 1.165) is 5.69 Å². The highest BCUT2D eigenvalue weighted by Crippen LogP contribution is 2.20. The van der Waals surface area contributed by atoms with Crippen molar-refractivity contribution in [2.24, 2.45) is 0 Å². The Kier molecular flexibility index (Phi) is 2.55. The highest BCUT2D eigenvalue weighted by atomic mass is 16.5. The zero-order valence-corrected chi connectivity index (χ0v) is 8.64. The van der Waals surface area contributed by atoms with Gasteiger partial charge in [-0.2, -0.15) is 4.98 Å². The fraction of sp³-hybridized carbons (Fsp3) is 0.400. The van der Waals surface area contributed by atoms with Gasteiger partial charge < -0.3 is 14.6 Å². The van der Waals surface area contributed by atoms with Crippen LogP contribution >= 0.6 is 0 Å². The molecule has 2 aromatic rings. The van der Waals surface area contributed by atoms with Gasteiger partial charge in [0.2, 0.25) is 11.7 Å². The van der Waals surface area contributed by atoms with Gasteiger partial charge in [-0.3, -0.25) is 0 Å². The third-order valence-corrected chi connectivity index (χ3v) is 2.39. The molecule has 0 saturated heterocycles. The van der Waals surface area contributed by atoms with E-state index in [-0.39, 0.29) is 5.92 Å². The normalized spacial score (nSPS) is 15.1. The Morgan fingerprint density at radius 1 is 1.47 bits per heavy atom. The van der Waals surface area contributed by atoms with Crippen molar-refractivity contribution in [3.8, 4) is 11.5 Å². The summed E-state index contributed by atoms with van der Waals surface area (Å²) in [5.74, 6) is 0.818. The van der Waals surface area contributed by atoms with Crippen molar-refractivity contribution in [1.29, 1.82) is 0 Å². The van der Waals surface area contributed by atoms with Gasteiger partial charge in [-0.05, 0) is 19.1 Å². The largest absolute Gasteiger partial charge is 0.393 e. The second kappa shape index (κ2) is 3.86. The van der Waals surface area contributed by atoms with Gasteiger partial charge in [-0.25, -0.2) is 0 Å². The molecule has 5 nitrogen and oxygen atoms in total. The van der Waals surface area contributed by atoms with Crippen molar-refractivity contribution in [2.45, 2.75) is 25.9 Å². The molecule has 0 radical (unpaired) electrons. The van der Waals surface area contributed by atoms with Crippen LogP contribution in [0, 0.1) is 0 Å². The first-order valence-electron chi connectivity index (χ1n) is 4.84. The molecule has 2 heterocycles. The van der Waals surface area contributed by atoms with Crippen molar-refractivity contribution in [3.05, 3.63) is 24.2 Å². The molecule has 0 amide bonds. The van der Waals surface area contributed by atoms with E-state index < -0.39 is 6.10 Å². The number of nitrogens with zero attached hydrogens (tertiary/aromatic N) is 2. The molecule has 0 aromatic carbocycles. The predicted molar refractivity (Wildman–Crippen MR) is 54.2 cm³/mol. The molecule has 80 valence electrons. The van der Waals surface area contributed by atoms with E-state index in [1.165, 1.54) is 0 Å². The minimum Gasteiger partial charge on any atom is -0.393 e. The van der Waals surface area contributed by atoms with E-state index >= 15 is 0 Å². The van der Waals surface area contributed by atoms with Gasteiger partial charge in [0, 0.05) is 6.20 Å². The maximum absolute atomic E-state index is 9.38. The Balaban J connectivity index is 2.25. The van der Waals surface area contributed by atoms with E-state index in [2.05, 4.69) is 15.1 Å². The second-order valence-electron chi connectivity index (χ2n) is 3.57. The minimum absolute atomic E-state index is 0.152. The lowest BCUT2D eigenvalue weighted by atomic mass is 10.1. The Morgan fingerprint density at radius 2 is 2.27 bits per heavy atom. The summed E-state index contributed by atoms with van der Waals surface area (Å²) in [7, 11) is 0. The monoisotopic (exact) mass is 207 g/mol. The second-order valence-corrected chi connectivity index (χ2v) is 3.57. The van der Waals surface area contributed by atoms with Crippen LogP contribution in [0.25, 0.3) is 11.5 Å². The molecule has 0 aliphatic heterocycles. The van der Waals surface area contributed by atoms with Crippen LogP contribution in [0.3, 0.4) is 0 Å². The molecular formula is C10H13N3O2. The summed E-state index contributed by atoms with van der Waals surface area (Å²) in [6, 6.07) is 3.73. The van der Waals surface area contributed by atoms with Crippen LogP contribution in [0.5, 0.6) is 0 Å². The summed E-state index contributed by atoms with van der Waals surface area (Å²) >= 11 is 0. The molecule has 0 saturated carbocycles. The number of aliphatic hydroxyl groups excluding tert-OH is 1. The molecule has 2 aromatic heterocycles. The van der Waals surface area contributed by atoms with Crippen LogP contribution < -0.4 is 0 Å². The summed E-state index contributed by atoms with van der Waals surface area (Å²) in [4.78, 5) is 7.19. The van der Waals surface area contributed by atoms with E-state index in [0.29, 0.717) is 11.7 Å². The molecule has 2 unspecified atom stereocenters. The van der Waals surface area contributed by atoms with Crippen LogP contribution in [-0.4, -0.2) is 26.3 Å². The lowest BCUT2D eigenvalue weighted by Gasteiger charge is -2.07. The van der Waals surface area contributed by atoms with Crippen LogP contribution in [0.2, 0.25) is 0 Å². The van der Waals surface area contributed by atoms with Crippen LogP contribution in [0.4, 0.5) is 0 Å². The molecule has 5 heteroatoms. The highest BCUT2D eigenvalue weighted by molar-refractivity contribution is 5.47. The topological polar surface area (TPSA) is 74.9 Å². The van der Waals surface area contributed by atoms with Gasteiger partial charge >= 0.3 is 0 Å². The molecule has 2 atom stereocenters. The van der Waals surface area contributed by atoms with Crippen LogP contribution in [-0.2, 0) is 0 Å². The fourth-order valence-corrected chi connectivity index (χ4v) is 1.21. The molecule has 2 rings (SSSR count). The zero-order chi connectivity index (χ0) is 10.8. The molecule has 15 heavy (non-hydrogen) atoms. The number of hydrogen-bond donors (Lipinski definition) is 2. The number of rotatable bonds is 3. The Morgan fingerprint density at radius 3 is 2.87 bits per heavy atom. The van der Waals surface area contributed by atoms with Gasteiger partial charge in [-0.15, -0.1) is 0 Å². The summed E-state index contributed by atoms with van der Waals surface area (Å²) in [5, 5.41) is 13.2. The standard InChI is InChI=1S/C10H13N3O2/c1-6(7(2)14)10-12-9(13-15-10)8-4-3-5-11-8/h3-7,11,14H,1-2H3. The quantitative estimate of drug-likeness (QED) is 0.800. The predicted octanol–water partition coefficient (Wildman–Crippen LogP) is 1.55. The molecule has 0 aliphatic carbocycles. The Bertz CT molecular complexity index is 420. The SMILES string of the molecule is CC(O)C(C)c1nc(-c2ccc[nH]2)no1. The first kappa shape index (κ1) is 9.92. The lowest BCUT2D eigenvalue weighted by molar-refractivity contribution is 0.151. The number of H-pyrrole nitrogens is 1. The van der Waals surface area contributed by atoms with E-state index in [9.17, 15) is 5.11 Å². The van der Waals surface area contributed by atoms with E-state index in [1.807, 2.05) is 19.1 Å². The van der Waals surface area contributed by atoms with E-state index in [1.54, 1.807) is 13.1 Å². The van der Waals surface area contributed by atoms with Crippen molar-refractivity contribution >= 4 is 0 Å². The number of aromatic amines is 1. The van der Waals surface area contributed by atoms with Crippen molar-refractivity contribution < 1.29 is 9.63 Å². The molecular weight excluding hydrogens is 194 g/mol. The van der Waals surface area contributed by atoms with Crippen molar-refractivity contribution in [2.75, 3.05) is 0 Å². The zero-order valence-electron chi connectivity index (χ0n) is 8.64. The number of aromatic nitrogens is 3. The van der Waals surface area contributed by atoms with Gasteiger partial charge in [0.25, 0.3) is 0 Å². The van der Waals surface area contributed by atoms with Crippen LogP contribution in [0.15, 0.2) is 22.9 Å². The Hall–Kier alpha value is -1.62. The van der Waals surface area contributed by atoms with Gasteiger partial charge in [-0.1, -0.05) is 12.1 Å². The van der Waals surface area contributed by atoms with Gasteiger partial charge in [0.1, 0.15) is 0 Å². The maximum Gasteiger partial charge on any atom is 0.232 e. The maximum atomic E-state index is 9.38. The average Bonchev–Trinajstić information content (AvgIpc) is 2.86. The van der Waals surface area contributed by atoms with Gasteiger partial charge in [0.05, 0.1) is 17.7 Å². The molecule has 0 spiro atoms. The summed E-state index contributed by atoms with van der Waals surface area (Å²) in [6.07, 6.45) is 1.30. The number of hydrogen-bond acceptors (Lipinski definition) is 4. The summed E-state index contributed by atoms with van der Waals surface area (Å²) in [5.41, 5.74) is 0.808. The molecule has 0 aliphatic rings. The fourth-order valence-electron chi connectivity index (χ4n) is 1.21. The van der Waals surface area contributed by atoms with Crippen LogP contribution in [0.1, 0.15) is 25.7 Å². The Labute approximate surface area is 87.1 Å². The minimum atomic E-state index is -0.498. The van der Waals surface area contributed by atoms with Crippen molar-refractivity contribution in [3.63, 3.8) is 0 Å². The smallest absolute Gasteiger partial charge is 0.232 e. The summed E-state index contributed by atoms with van der Waals surface area (Å²) in [6.45, 7) is 3.54.